The molecule has 24 heavy (non-hydrogen) atoms. The van der Waals surface area contributed by atoms with Crippen molar-refractivity contribution in [2.45, 2.75) is 64.2 Å². The van der Waals surface area contributed by atoms with Crippen LogP contribution in [0.5, 0.6) is 0 Å². The molecule has 1 saturated heterocycles. The van der Waals surface area contributed by atoms with Gasteiger partial charge in [0.15, 0.2) is 0 Å². The van der Waals surface area contributed by atoms with Crippen molar-refractivity contribution in [1.29, 1.82) is 0 Å². The molecule has 1 aromatic carbocycles. The van der Waals surface area contributed by atoms with Crippen LogP contribution in [-0.2, 0) is 6.18 Å². The van der Waals surface area contributed by atoms with Crippen molar-refractivity contribution in [3.05, 3.63) is 29.3 Å². The van der Waals surface area contributed by atoms with Crippen LogP contribution in [0.1, 0.15) is 57.1 Å². The third-order valence-electron chi connectivity index (χ3n) is 5.56. The van der Waals surface area contributed by atoms with Gasteiger partial charge >= 0.3 is 6.18 Å². The molecule has 1 aromatic rings. The first kappa shape index (κ1) is 17.6. The van der Waals surface area contributed by atoms with E-state index >= 15 is 0 Å². The first-order valence-corrected chi connectivity index (χ1v) is 8.99. The fourth-order valence-corrected chi connectivity index (χ4v) is 3.87. The number of rotatable bonds is 3. The predicted octanol–water partition coefficient (Wildman–Crippen LogP) is 4.89. The minimum absolute atomic E-state index is 0.0922. The third-order valence-corrected chi connectivity index (χ3v) is 5.56. The van der Waals surface area contributed by atoms with Gasteiger partial charge in [-0.25, -0.2) is 0 Å². The normalized spacial score (nSPS) is 23.6. The summed E-state index contributed by atoms with van der Waals surface area (Å²) in [6, 6.07) is 5.80. The molecular weight excluding hydrogens is 313 g/mol. The fourth-order valence-electron chi connectivity index (χ4n) is 3.87. The average Bonchev–Trinajstić information content (AvgIpc) is 2.46. The van der Waals surface area contributed by atoms with E-state index in [1.54, 1.807) is 6.07 Å². The highest BCUT2D eigenvalue weighted by Gasteiger charge is 2.38. The maximum Gasteiger partial charge on any atom is 0.418 e. The maximum absolute atomic E-state index is 13.6. The second-order valence-corrected chi connectivity index (χ2v) is 7.55. The molecule has 0 amide bonds. The number of alkyl halides is 3. The van der Waals surface area contributed by atoms with Crippen molar-refractivity contribution in [2.24, 2.45) is 0 Å². The summed E-state index contributed by atoms with van der Waals surface area (Å²) in [5.41, 5.74) is 0.595. The molecule has 2 aliphatic rings. The molecule has 0 N–H and O–H groups in total. The van der Waals surface area contributed by atoms with E-state index in [4.69, 9.17) is 0 Å². The van der Waals surface area contributed by atoms with Crippen LogP contribution in [0.4, 0.5) is 18.9 Å². The van der Waals surface area contributed by atoms with Gasteiger partial charge in [-0.2, -0.15) is 13.2 Å². The monoisotopic (exact) mass is 340 g/mol. The van der Waals surface area contributed by atoms with E-state index < -0.39 is 11.7 Å². The van der Waals surface area contributed by atoms with Crippen LogP contribution in [0.25, 0.3) is 0 Å². The molecule has 1 atom stereocenters. The van der Waals surface area contributed by atoms with Crippen molar-refractivity contribution in [3.63, 3.8) is 0 Å². The molecule has 134 valence electrons. The highest BCUT2D eigenvalue weighted by atomic mass is 19.4. The van der Waals surface area contributed by atoms with Crippen molar-refractivity contribution >= 4 is 5.69 Å². The standard InChI is InChI=1S/C19H27F3N2/c1-13(2)15-7-8-18(17(11-15)19(20,21)22)23-9-10-24(14(3)12-23)16-5-4-6-16/h7-8,11,13-14,16H,4-6,9-10,12H2,1-3H3/t14-/m1/s1. The summed E-state index contributed by atoms with van der Waals surface area (Å²) >= 11 is 0. The van der Waals surface area contributed by atoms with Gasteiger partial charge in [-0.3, -0.25) is 4.90 Å². The van der Waals surface area contributed by atoms with Crippen molar-refractivity contribution in [3.8, 4) is 0 Å². The summed E-state index contributed by atoms with van der Waals surface area (Å²) in [6.07, 6.45) is -0.552. The average molecular weight is 340 g/mol. The number of hydrogen-bond donors (Lipinski definition) is 0. The minimum Gasteiger partial charge on any atom is -0.368 e. The number of piperazine rings is 1. The minimum atomic E-state index is -4.31. The van der Waals surface area contributed by atoms with Gasteiger partial charge in [0.1, 0.15) is 0 Å². The summed E-state index contributed by atoms with van der Waals surface area (Å²) in [6.45, 7) is 8.18. The maximum atomic E-state index is 13.6. The first-order valence-electron chi connectivity index (χ1n) is 8.99. The zero-order valence-electron chi connectivity index (χ0n) is 14.7. The van der Waals surface area contributed by atoms with Gasteiger partial charge in [0.2, 0.25) is 0 Å². The Bertz CT molecular complexity index is 578. The largest absolute Gasteiger partial charge is 0.418 e. The Kier molecular flexibility index (Phi) is 4.82. The quantitative estimate of drug-likeness (QED) is 0.773. The number of benzene rings is 1. The Morgan fingerprint density at radius 2 is 1.83 bits per heavy atom. The van der Waals surface area contributed by atoms with Gasteiger partial charge in [0, 0.05) is 37.4 Å². The lowest BCUT2D eigenvalue weighted by molar-refractivity contribution is -0.137. The molecule has 1 saturated carbocycles. The van der Waals surface area contributed by atoms with Crippen molar-refractivity contribution in [2.75, 3.05) is 24.5 Å². The van der Waals surface area contributed by atoms with E-state index in [1.165, 1.54) is 25.3 Å². The van der Waals surface area contributed by atoms with Gasteiger partial charge in [0.05, 0.1) is 5.56 Å². The van der Waals surface area contributed by atoms with Crippen LogP contribution < -0.4 is 4.90 Å². The smallest absolute Gasteiger partial charge is 0.368 e. The van der Waals surface area contributed by atoms with Gasteiger partial charge in [-0.15, -0.1) is 0 Å². The Morgan fingerprint density at radius 3 is 2.33 bits per heavy atom. The van der Waals surface area contributed by atoms with Crippen LogP contribution in [0.15, 0.2) is 18.2 Å². The third kappa shape index (κ3) is 3.41. The van der Waals surface area contributed by atoms with Crippen LogP contribution in [0.2, 0.25) is 0 Å². The van der Waals surface area contributed by atoms with Gasteiger partial charge in [-0.05, 0) is 43.4 Å². The van der Waals surface area contributed by atoms with Crippen molar-refractivity contribution in [1.82, 2.24) is 4.90 Å². The fraction of sp³-hybridized carbons (Fsp3) is 0.684. The van der Waals surface area contributed by atoms with E-state index in [-0.39, 0.29) is 5.92 Å². The molecule has 0 spiro atoms. The molecule has 0 aromatic heterocycles. The Labute approximate surface area is 142 Å². The zero-order chi connectivity index (χ0) is 17.5. The highest BCUT2D eigenvalue weighted by molar-refractivity contribution is 5.57. The molecule has 5 heteroatoms. The molecule has 0 unspecified atom stereocenters. The predicted molar refractivity (Wildman–Crippen MR) is 91.6 cm³/mol. The summed E-state index contributed by atoms with van der Waals surface area (Å²) in [4.78, 5) is 4.41. The van der Waals surface area contributed by atoms with E-state index in [0.717, 1.165) is 12.1 Å². The zero-order valence-corrected chi connectivity index (χ0v) is 14.7. The van der Waals surface area contributed by atoms with E-state index in [9.17, 15) is 13.2 Å². The lowest BCUT2D eigenvalue weighted by Gasteiger charge is -2.48. The van der Waals surface area contributed by atoms with E-state index in [2.05, 4.69) is 11.8 Å². The summed E-state index contributed by atoms with van der Waals surface area (Å²) in [5.74, 6) is 0.0922. The topological polar surface area (TPSA) is 6.48 Å². The SMILES string of the molecule is CC(C)c1ccc(N2CCN(C3CCC3)[C@H](C)C2)c(C(F)(F)F)c1. The lowest BCUT2D eigenvalue weighted by Crippen LogP contribution is -2.57. The van der Waals surface area contributed by atoms with Crippen LogP contribution >= 0.6 is 0 Å². The van der Waals surface area contributed by atoms with Crippen LogP contribution in [0, 0.1) is 0 Å². The van der Waals surface area contributed by atoms with Crippen molar-refractivity contribution < 1.29 is 13.2 Å². The summed E-state index contributed by atoms with van der Waals surface area (Å²) in [5, 5.41) is 0. The molecule has 3 rings (SSSR count). The molecular formula is C19H27F3N2. The first-order chi connectivity index (χ1) is 11.3. The molecule has 2 fully saturated rings. The summed E-state index contributed by atoms with van der Waals surface area (Å²) in [7, 11) is 0. The second kappa shape index (κ2) is 6.58. The molecule has 1 aliphatic carbocycles. The molecule has 1 aliphatic heterocycles. The Balaban J connectivity index is 1.83. The molecule has 2 nitrogen and oxygen atoms in total. The number of nitrogens with zero attached hydrogens (tertiary/aromatic N) is 2. The second-order valence-electron chi connectivity index (χ2n) is 7.55. The number of halogens is 3. The molecule has 0 radical (unpaired) electrons. The highest BCUT2D eigenvalue weighted by Crippen LogP contribution is 2.39. The van der Waals surface area contributed by atoms with Crippen LogP contribution in [0.3, 0.4) is 0 Å². The van der Waals surface area contributed by atoms with E-state index in [1.807, 2.05) is 24.8 Å². The Morgan fingerprint density at radius 1 is 1.12 bits per heavy atom. The Hall–Kier alpha value is -1.23. The number of hydrogen-bond acceptors (Lipinski definition) is 2. The van der Waals surface area contributed by atoms with E-state index in [0.29, 0.717) is 30.9 Å². The van der Waals surface area contributed by atoms with Gasteiger partial charge in [0.25, 0.3) is 0 Å². The molecule has 0 bridgehead atoms. The van der Waals surface area contributed by atoms with Crippen LogP contribution in [-0.4, -0.2) is 36.6 Å². The lowest BCUT2D eigenvalue weighted by atomic mass is 9.89. The van der Waals surface area contributed by atoms with Gasteiger partial charge < -0.3 is 4.90 Å². The summed E-state index contributed by atoms with van der Waals surface area (Å²) < 4.78 is 40.7. The van der Waals surface area contributed by atoms with Gasteiger partial charge in [-0.1, -0.05) is 26.3 Å². The molecule has 1 heterocycles. The number of anilines is 1.